The molecule has 0 aliphatic carbocycles. The molecule has 130 valence electrons. The fourth-order valence-electron chi connectivity index (χ4n) is 4.59. The molecule has 0 amide bonds. The predicted molar refractivity (Wildman–Crippen MR) is 98.0 cm³/mol. The van der Waals surface area contributed by atoms with Gasteiger partial charge in [0.25, 0.3) is 0 Å². The molecule has 2 aromatic rings. The van der Waals surface area contributed by atoms with Crippen molar-refractivity contribution in [2.24, 2.45) is 11.8 Å². The second-order valence-corrected chi connectivity index (χ2v) is 7.19. The number of benzene rings is 1. The van der Waals surface area contributed by atoms with E-state index in [0.29, 0.717) is 11.8 Å². The van der Waals surface area contributed by atoms with Crippen LogP contribution in [0.3, 0.4) is 0 Å². The minimum atomic E-state index is -0.251. The third-order valence-corrected chi connectivity index (χ3v) is 5.79. The largest absolute Gasteiger partial charge is 0.456 e. The van der Waals surface area contributed by atoms with Crippen molar-refractivity contribution in [1.29, 1.82) is 0 Å². The van der Waals surface area contributed by atoms with Gasteiger partial charge in [-0.05, 0) is 43.4 Å². The molecule has 1 aromatic carbocycles. The normalized spacial score (nSPS) is 29.3. The zero-order chi connectivity index (χ0) is 17.4. The van der Waals surface area contributed by atoms with Gasteiger partial charge in [-0.25, -0.2) is 0 Å². The van der Waals surface area contributed by atoms with E-state index in [0.717, 1.165) is 36.0 Å². The van der Waals surface area contributed by atoms with Gasteiger partial charge in [-0.3, -0.25) is 14.7 Å². The minimum absolute atomic E-state index is 0.227. The average Bonchev–Trinajstić information content (AvgIpc) is 2.66. The third-order valence-electron chi connectivity index (χ3n) is 5.79. The summed E-state index contributed by atoms with van der Waals surface area (Å²) in [5.41, 5.74) is 2.01. The molecule has 5 rings (SSSR count). The van der Waals surface area contributed by atoms with E-state index < -0.39 is 0 Å². The van der Waals surface area contributed by atoms with Crippen LogP contribution < -0.4 is 0 Å². The Hall–Kier alpha value is -2.20. The number of nitrogens with zero attached hydrogens (tertiary/aromatic N) is 2. The molecule has 3 aliphatic heterocycles. The second-order valence-electron chi connectivity index (χ2n) is 7.19. The molecule has 3 saturated heterocycles. The summed E-state index contributed by atoms with van der Waals surface area (Å²) in [5.74, 6) is 0.963. The van der Waals surface area contributed by atoms with Gasteiger partial charge in [0.2, 0.25) is 0 Å². The van der Waals surface area contributed by atoms with Crippen molar-refractivity contribution in [2.45, 2.75) is 31.9 Å². The summed E-state index contributed by atoms with van der Waals surface area (Å²) in [6.45, 7) is 7.58. The molecule has 0 saturated carbocycles. The number of ether oxygens (including phenoxy) is 1. The number of piperidine rings is 3. The van der Waals surface area contributed by atoms with Gasteiger partial charge in [0.05, 0.1) is 11.6 Å². The molecule has 5 atom stereocenters. The molecule has 0 spiro atoms. The molecular formula is C21H24N2O2. The maximum Gasteiger partial charge on any atom is 0.303 e. The molecule has 2 bridgehead atoms. The number of aromatic nitrogens is 1. The summed E-state index contributed by atoms with van der Waals surface area (Å²) >= 11 is 0. The Morgan fingerprint density at radius 1 is 1.40 bits per heavy atom. The van der Waals surface area contributed by atoms with E-state index in [1.807, 2.05) is 30.5 Å². The van der Waals surface area contributed by atoms with Crippen molar-refractivity contribution in [3.63, 3.8) is 0 Å². The minimum Gasteiger partial charge on any atom is -0.456 e. The van der Waals surface area contributed by atoms with E-state index in [9.17, 15) is 4.79 Å². The molecule has 4 heterocycles. The zero-order valence-electron chi connectivity index (χ0n) is 14.6. The van der Waals surface area contributed by atoms with Gasteiger partial charge in [-0.2, -0.15) is 0 Å². The van der Waals surface area contributed by atoms with E-state index in [2.05, 4.69) is 28.6 Å². The highest BCUT2D eigenvalue weighted by Crippen LogP contribution is 2.43. The topological polar surface area (TPSA) is 42.4 Å². The van der Waals surface area contributed by atoms with Crippen molar-refractivity contribution in [2.75, 3.05) is 13.1 Å². The van der Waals surface area contributed by atoms with Crippen LogP contribution in [0.4, 0.5) is 0 Å². The fraction of sp³-hybridized carbons (Fsp3) is 0.429. The zero-order valence-corrected chi connectivity index (χ0v) is 14.6. The van der Waals surface area contributed by atoms with Gasteiger partial charge >= 0.3 is 5.97 Å². The van der Waals surface area contributed by atoms with Gasteiger partial charge in [0.1, 0.15) is 6.10 Å². The molecule has 0 N–H and O–H groups in total. The lowest BCUT2D eigenvalue weighted by atomic mass is 9.73. The summed E-state index contributed by atoms with van der Waals surface area (Å²) in [6.07, 6.45) is 5.91. The van der Waals surface area contributed by atoms with E-state index in [1.54, 1.807) is 0 Å². The van der Waals surface area contributed by atoms with Gasteiger partial charge in [0, 0.05) is 30.6 Å². The average molecular weight is 336 g/mol. The number of esters is 1. The first-order chi connectivity index (χ1) is 12.2. The van der Waals surface area contributed by atoms with Crippen molar-refractivity contribution >= 4 is 16.9 Å². The lowest BCUT2D eigenvalue weighted by Gasteiger charge is -2.51. The van der Waals surface area contributed by atoms with Crippen molar-refractivity contribution < 1.29 is 9.53 Å². The molecule has 1 aromatic heterocycles. The number of para-hydroxylation sites is 1. The maximum atomic E-state index is 11.9. The van der Waals surface area contributed by atoms with Gasteiger partial charge in [0.15, 0.2) is 0 Å². The Balaban J connectivity index is 1.74. The highest BCUT2D eigenvalue weighted by molar-refractivity contribution is 5.82. The first-order valence-electron chi connectivity index (χ1n) is 9.05. The Kier molecular flexibility index (Phi) is 4.30. The summed E-state index contributed by atoms with van der Waals surface area (Å²) in [6, 6.07) is 10.3. The summed E-state index contributed by atoms with van der Waals surface area (Å²) in [4.78, 5) is 18.8. The van der Waals surface area contributed by atoms with E-state index >= 15 is 0 Å². The Morgan fingerprint density at radius 3 is 2.96 bits per heavy atom. The Labute approximate surface area is 148 Å². The molecular weight excluding hydrogens is 312 g/mol. The highest BCUT2D eigenvalue weighted by atomic mass is 16.5. The van der Waals surface area contributed by atoms with E-state index in [1.165, 1.54) is 13.3 Å². The number of fused-ring (bicyclic) bond motifs is 4. The summed E-state index contributed by atoms with van der Waals surface area (Å²) in [7, 11) is 0. The van der Waals surface area contributed by atoms with Crippen LogP contribution in [0.2, 0.25) is 0 Å². The SMILES string of the molecule is C=C[C@H]1CN2CCC1CC2[C@H](OC(C)=O)c1ccnc2ccccc12. The standard InChI is InChI=1S/C21H24N2O2/c1-3-15-13-23-11-9-16(15)12-20(23)21(25-14(2)24)18-8-10-22-19-7-5-4-6-17(18)19/h3-8,10,15-16,20-21H,1,9,11-13H2,2H3/t15-,16?,20?,21+/m0/s1. The summed E-state index contributed by atoms with van der Waals surface area (Å²) in [5, 5.41) is 1.07. The van der Waals surface area contributed by atoms with Crippen LogP contribution >= 0.6 is 0 Å². The quantitative estimate of drug-likeness (QED) is 0.630. The van der Waals surface area contributed by atoms with Crippen LogP contribution in [0, 0.1) is 11.8 Å². The summed E-state index contributed by atoms with van der Waals surface area (Å²) < 4.78 is 5.87. The smallest absolute Gasteiger partial charge is 0.303 e. The Morgan fingerprint density at radius 2 is 2.24 bits per heavy atom. The molecule has 3 fully saturated rings. The van der Waals surface area contributed by atoms with Crippen LogP contribution in [0.5, 0.6) is 0 Å². The monoisotopic (exact) mass is 336 g/mol. The van der Waals surface area contributed by atoms with Crippen LogP contribution in [-0.2, 0) is 9.53 Å². The van der Waals surface area contributed by atoms with E-state index in [-0.39, 0.29) is 18.1 Å². The third kappa shape index (κ3) is 2.95. The molecule has 4 nitrogen and oxygen atoms in total. The van der Waals surface area contributed by atoms with Crippen LogP contribution in [-0.4, -0.2) is 35.0 Å². The maximum absolute atomic E-state index is 11.9. The van der Waals surface area contributed by atoms with Crippen molar-refractivity contribution in [1.82, 2.24) is 9.88 Å². The number of rotatable bonds is 4. The van der Waals surface area contributed by atoms with Gasteiger partial charge in [-0.15, -0.1) is 6.58 Å². The van der Waals surface area contributed by atoms with Crippen molar-refractivity contribution in [3.05, 3.63) is 54.7 Å². The van der Waals surface area contributed by atoms with Crippen LogP contribution in [0.15, 0.2) is 49.2 Å². The number of hydrogen-bond acceptors (Lipinski definition) is 4. The number of pyridine rings is 1. The lowest BCUT2D eigenvalue weighted by Crippen LogP contribution is -2.55. The molecule has 0 radical (unpaired) electrons. The predicted octanol–water partition coefficient (Wildman–Crippen LogP) is 3.74. The van der Waals surface area contributed by atoms with Crippen LogP contribution in [0.25, 0.3) is 10.9 Å². The highest BCUT2D eigenvalue weighted by Gasteiger charge is 2.44. The van der Waals surface area contributed by atoms with Crippen molar-refractivity contribution in [3.8, 4) is 0 Å². The second kappa shape index (κ2) is 6.60. The lowest BCUT2D eigenvalue weighted by molar-refractivity contribution is -0.154. The van der Waals surface area contributed by atoms with E-state index in [4.69, 9.17) is 4.74 Å². The fourth-order valence-corrected chi connectivity index (χ4v) is 4.59. The Bertz CT molecular complexity index is 798. The van der Waals surface area contributed by atoms with Gasteiger partial charge in [-0.1, -0.05) is 24.3 Å². The number of carbonyl (C=O) groups is 1. The number of hydrogen-bond donors (Lipinski definition) is 0. The van der Waals surface area contributed by atoms with Crippen LogP contribution in [0.1, 0.15) is 31.4 Å². The first kappa shape index (κ1) is 16.3. The molecule has 4 heteroatoms. The molecule has 25 heavy (non-hydrogen) atoms. The first-order valence-corrected chi connectivity index (χ1v) is 9.05. The number of carbonyl (C=O) groups excluding carboxylic acids is 1. The molecule has 3 unspecified atom stereocenters. The molecule has 3 aliphatic rings. The van der Waals surface area contributed by atoms with Gasteiger partial charge < -0.3 is 4.74 Å².